The topological polar surface area (TPSA) is 89.4 Å². The zero-order valence-electron chi connectivity index (χ0n) is 27.8. The Morgan fingerprint density at radius 1 is 0.481 bits per heavy atom. The number of fused-ring (bicyclic) bond motifs is 6. The van der Waals surface area contributed by atoms with Gasteiger partial charge >= 0.3 is 0 Å². The van der Waals surface area contributed by atoms with Crippen LogP contribution >= 0.6 is 0 Å². The lowest BCUT2D eigenvalue weighted by Gasteiger charge is -2.26. The minimum absolute atomic E-state index is 0.0317. The van der Waals surface area contributed by atoms with Gasteiger partial charge < -0.3 is 5.32 Å². The van der Waals surface area contributed by atoms with Crippen LogP contribution in [-0.4, -0.2) is 29.9 Å². The van der Waals surface area contributed by atoms with Crippen LogP contribution in [0.3, 0.4) is 0 Å². The van der Waals surface area contributed by atoms with Crippen LogP contribution in [0.4, 0.5) is 0 Å². The summed E-state index contributed by atoms with van der Waals surface area (Å²) in [5.74, 6) is 1.77. The third kappa shape index (κ3) is 5.32. The van der Waals surface area contributed by atoms with Crippen molar-refractivity contribution in [1.82, 2.24) is 35.2 Å². The largest absolute Gasteiger partial charge is 0.379 e. The number of rotatable bonds is 5. The number of nitrogens with zero attached hydrogens (tertiary/aromatic N) is 6. The second-order valence-corrected chi connectivity index (χ2v) is 12.9. The molecule has 0 saturated heterocycles. The Balaban J connectivity index is 1.06. The van der Waals surface area contributed by atoms with E-state index in [1.807, 2.05) is 79.1 Å². The smallest absolute Gasteiger partial charge is 0.164 e. The second-order valence-electron chi connectivity index (χ2n) is 12.9. The van der Waals surface area contributed by atoms with E-state index in [2.05, 4.69) is 95.3 Å². The highest BCUT2D eigenvalue weighted by atomic mass is 15.0. The first kappa shape index (κ1) is 29.8. The lowest BCUT2D eigenvalue weighted by atomic mass is 9.91. The van der Waals surface area contributed by atoms with Crippen molar-refractivity contribution in [3.05, 3.63) is 175 Å². The predicted molar refractivity (Wildman–Crippen MR) is 208 cm³/mol. The average Bonchev–Trinajstić information content (AvgIpc) is 3.23. The summed E-state index contributed by atoms with van der Waals surface area (Å²) in [7, 11) is 0. The maximum absolute atomic E-state index is 5.16. The van der Waals surface area contributed by atoms with Gasteiger partial charge in [0, 0.05) is 44.8 Å². The zero-order valence-corrected chi connectivity index (χ0v) is 27.8. The van der Waals surface area contributed by atoms with Gasteiger partial charge in [-0.3, -0.25) is 4.98 Å². The lowest BCUT2D eigenvalue weighted by molar-refractivity contribution is 0.690. The molecule has 0 fully saturated rings. The summed E-state index contributed by atoms with van der Waals surface area (Å²) in [6.45, 7) is 0. The Bertz CT molecular complexity index is 2780. The summed E-state index contributed by atoms with van der Waals surface area (Å²) in [6.07, 6.45) is 12.2. The van der Waals surface area contributed by atoms with Crippen LogP contribution in [0.2, 0.25) is 0 Å². The van der Waals surface area contributed by atoms with Gasteiger partial charge in [0.2, 0.25) is 0 Å². The number of dihydropyridines is 1. The number of benzene rings is 4. The van der Waals surface area contributed by atoms with Gasteiger partial charge in [-0.05, 0) is 53.7 Å². The van der Waals surface area contributed by atoms with Crippen LogP contribution in [0.25, 0.3) is 84.6 Å². The predicted octanol–water partition coefficient (Wildman–Crippen LogP) is 9.81. The third-order valence-electron chi connectivity index (χ3n) is 9.60. The molecule has 1 aliphatic carbocycles. The van der Waals surface area contributed by atoms with Crippen molar-refractivity contribution < 1.29 is 0 Å². The maximum Gasteiger partial charge on any atom is 0.164 e. The summed E-state index contributed by atoms with van der Waals surface area (Å²) in [6, 6.07) is 43.1. The molecule has 0 radical (unpaired) electrons. The monoisotopic (exact) mass is 667 g/mol. The number of pyridine rings is 3. The summed E-state index contributed by atoms with van der Waals surface area (Å²) in [5, 5.41) is 5.58. The molecule has 0 saturated carbocycles. The molecule has 244 valence electrons. The Labute approximate surface area is 299 Å². The third-order valence-corrected chi connectivity index (χ3v) is 9.60. The molecule has 0 amide bonds. The van der Waals surface area contributed by atoms with E-state index < -0.39 is 0 Å². The molecule has 7 heteroatoms. The van der Waals surface area contributed by atoms with Crippen molar-refractivity contribution in [2.24, 2.45) is 0 Å². The minimum Gasteiger partial charge on any atom is -0.379 e. The quantitative estimate of drug-likeness (QED) is 0.183. The molecule has 4 aromatic carbocycles. The maximum atomic E-state index is 5.16. The SMILES string of the molecule is C1=CNC2C(=C1)C=Cc1ccc(-c3cccc(-c4nc(-c5ccccc5)nc(-c5cccc(-c6ccc7ccc8cccnc8c7n6)c5)n4)c3)nc12. The van der Waals surface area contributed by atoms with Crippen molar-refractivity contribution in [3.8, 4) is 56.7 Å². The van der Waals surface area contributed by atoms with Crippen LogP contribution < -0.4 is 5.32 Å². The van der Waals surface area contributed by atoms with E-state index in [1.165, 1.54) is 5.57 Å². The Morgan fingerprint density at radius 3 is 1.88 bits per heavy atom. The minimum atomic E-state index is 0.0317. The molecule has 1 aliphatic heterocycles. The van der Waals surface area contributed by atoms with Crippen LogP contribution in [-0.2, 0) is 0 Å². The highest BCUT2D eigenvalue weighted by molar-refractivity contribution is 6.03. The van der Waals surface area contributed by atoms with Gasteiger partial charge in [-0.15, -0.1) is 0 Å². The second kappa shape index (κ2) is 12.3. The van der Waals surface area contributed by atoms with Gasteiger partial charge in [0.1, 0.15) is 0 Å². The molecule has 1 atom stereocenters. The van der Waals surface area contributed by atoms with E-state index in [1.54, 1.807) is 0 Å². The van der Waals surface area contributed by atoms with E-state index in [0.717, 1.165) is 72.3 Å². The molecule has 8 aromatic rings. The number of hydrogen-bond acceptors (Lipinski definition) is 7. The highest BCUT2D eigenvalue weighted by Crippen LogP contribution is 2.35. The van der Waals surface area contributed by atoms with Crippen molar-refractivity contribution in [2.75, 3.05) is 0 Å². The van der Waals surface area contributed by atoms with Crippen LogP contribution in [0, 0.1) is 0 Å². The fourth-order valence-electron chi connectivity index (χ4n) is 6.97. The summed E-state index contributed by atoms with van der Waals surface area (Å²) >= 11 is 0. The number of allylic oxidation sites excluding steroid dienone is 2. The van der Waals surface area contributed by atoms with Crippen LogP contribution in [0.1, 0.15) is 17.3 Å². The highest BCUT2D eigenvalue weighted by Gasteiger charge is 2.23. The lowest BCUT2D eigenvalue weighted by Crippen LogP contribution is -2.23. The number of nitrogens with one attached hydrogen (secondary N) is 1. The van der Waals surface area contributed by atoms with E-state index in [0.29, 0.717) is 17.5 Å². The molecule has 4 aromatic heterocycles. The molecule has 2 aliphatic rings. The molecule has 0 bridgehead atoms. The van der Waals surface area contributed by atoms with Gasteiger partial charge in [-0.2, -0.15) is 0 Å². The van der Waals surface area contributed by atoms with Crippen molar-refractivity contribution in [2.45, 2.75) is 6.04 Å². The fourth-order valence-corrected chi connectivity index (χ4v) is 6.97. The summed E-state index contributed by atoms with van der Waals surface area (Å²) < 4.78 is 0. The first-order chi connectivity index (χ1) is 25.7. The van der Waals surface area contributed by atoms with Crippen LogP contribution in [0.5, 0.6) is 0 Å². The number of hydrogen-bond donors (Lipinski definition) is 1. The zero-order chi connectivity index (χ0) is 34.4. The molecule has 1 unspecified atom stereocenters. The standard InChI is InChI=1S/C45H29N7/c1-2-8-32(9-3-1)43-50-44(35-12-4-10-33(26-35)37-22-20-30-18-16-28-14-6-24-46-39(28)41(30)48-37)52-45(51-43)36-13-5-11-34(27-36)38-23-21-31-19-17-29-15-7-25-47-40(29)42(31)49-38/h1-27,39,46H. The molecule has 1 N–H and O–H groups in total. The Hall–Kier alpha value is -7.12. The number of aromatic nitrogens is 6. The normalized spacial score (nSPS) is 14.5. The van der Waals surface area contributed by atoms with E-state index in [-0.39, 0.29) is 6.04 Å². The summed E-state index contributed by atoms with van der Waals surface area (Å²) in [4.78, 5) is 30.0. The summed E-state index contributed by atoms with van der Waals surface area (Å²) in [5.41, 5.74) is 11.5. The Morgan fingerprint density at radius 2 is 1.12 bits per heavy atom. The molecule has 52 heavy (non-hydrogen) atoms. The van der Waals surface area contributed by atoms with E-state index >= 15 is 0 Å². The van der Waals surface area contributed by atoms with Crippen molar-refractivity contribution in [3.63, 3.8) is 0 Å². The molecule has 10 rings (SSSR count). The first-order valence-electron chi connectivity index (χ1n) is 17.2. The average molecular weight is 668 g/mol. The Kier molecular flexibility index (Phi) is 7.06. The van der Waals surface area contributed by atoms with Crippen molar-refractivity contribution >= 4 is 27.9 Å². The van der Waals surface area contributed by atoms with Gasteiger partial charge in [0.05, 0.1) is 34.2 Å². The van der Waals surface area contributed by atoms with E-state index in [9.17, 15) is 0 Å². The van der Waals surface area contributed by atoms with E-state index in [4.69, 9.17) is 24.9 Å². The molecule has 7 nitrogen and oxygen atoms in total. The van der Waals surface area contributed by atoms with Crippen molar-refractivity contribution in [1.29, 1.82) is 0 Å². The molecular weight excluding hydrogens is 639 g/mol. The molecular formula is C45H29N7. The first-order valence-corrected chi connectivity index (χ1v) is 17.2. The molecule has 5 heterocycles. The fraction of sp³-hybridized carbons (Fsp3) is 0.0222. The molecule has 0 spiro atoms. The van der Waals surface area contributed by atoms with Gasteiger partial charge in [-0.1, -0.05) is 115 Å². The van der Waals surface area contributed by atoms with Gasteiger partial charge in [0.25, 0.3) is 0 Å². The van der Waals surface area contributed by atoms with Gasteiger partial charge in [-0.25, -0.2) is 24.9 Å². The van der Waals surface area contributed by atoms with Gasteiger partial charge in [0.15, 0.2) is 17.5 Å². The van der Waals surface area contributed by atoms with Crippen LogP contribution in [0.15, 0.2) is 164 Å².